The van der Waals surface area contributed by atoms with E-state index < -0.39 is 7.75 Å². The average Bonchev–Trinajstić information content (AvgIpc) is 2.09. The molecule has 0 heterocycles. The largest absolute Gasteiger partial charge is 0.455 e. The van der Waals surface area contributed by atoms with E-state index in [2.05, 4.69) is 4.52 Å². The van der Waals surface area contributed by atoms with Crippen molar-refractivity contribution in [2.75, 3.05) is 7.11 Å². The van der Waals surface area contributed by atoms with Gasteiger partial charge in [-0.15, -0.1) is 0 Å². The molecular weight excluding hydrogens is 189 g/mol. The van der Waals surface area contributed by atoms with E-state index in [-0.39, 0.29) is 0 Å². The van der Waals surface area contributed by atoms with Crippen molar-refractivity contribution < 1.29 is 13.6 Å². The maximum atomic E-state index is 11.2. The van der Waals surface area contributed by atoms with Crippen LogP contribution in [0.15, 0.2) is 24.3 Å². The number of aryl methyl sites for hydroxylation is 1. The Bertz CT molecular complexity index is 340. The van der Waals surface area contributed by atoms with Gasteiger partial charge in [-0.2, -0.15) is 0 Å². The van der Waals surface area contributed by atoms with Crippen LogP contribution in [-0.2, 0) is 9.09 Å². The van der Waals surface area contributed by atoms with Crippen molar-refractivity contribution in [2.45, 2.75) is 6.92 Å². The van der Waals surface area contributed by atoms with E-state index in [4.69, 9.17) is 10.0 Å². The van der Waals surface area contributed by atoms with Crippen LogP contribution in [0.2, 0.25) is 0 Å². The van der Waals surface area contributed by atoms with E-state index >= 15 is 0 Å². The Balaban J connectivity index is 2.86. The first-order chi connectivity index (χ1) is 6.05. The minimum Gasteiger partial charge on any atom is -0.413 e. The highest BCUT2D eigenvalue weighted by Gasteiger charge is 2.17. The Labute approximate surface area is 77.2 Å². The summed E-state index contributed by atoms with van der Waals surface area (Å²) in [5.74, 6) is 0.482. The van der Waals surface area contributed by atoms with Gasteiger partial charge in [0.15, 0.2) is 0 Å². The molecule has 5 heteroatoms. The monoisotopic (exact) mass is 201 g/mol. The average molecular weight is 201 g/mol. The van der Waals surface area contributed by atoms with Crippen LogP contribution in [0.1, 0.15) is 5.56 Å². The van der Waals surface area contributed by atoms with Gasteiger partial charge in [0, 0.05) is 7.11 Å². The molecule has 72 valence electrons. The second kappa shape index (κ2) is 3.92. The molecule has 1 aromatic carbocycles. The summed E-state index contributed by atoms with van der Waals surface area (Å²) >= 11 is 0. The molecule has 4 nitrogen and oxygen atoms in total. The highest BCUT2D eigenvalue weighted by molar-refractivity contribution is 7.51. The van der Waals surface area contributed by atoms with Crippen LogP contribution in [0.5, 0.6) is 5.75 Å². The lowest BCUT2D eigenvalue weighted by Gasteiger charge is -2.13. The van der Waals surface area contributed by atoms with Crippen molar-refractivity contribution in [3.63, 3.8) is 0 Å². The normalized spacial score (nSPS) is 15.0. The van der Waals surface area contributed by atoms with Crippen LogP contribution in [0.3, 0.4) is 0 Å². The second-order valence-electron chi connectivity index (χ2n) is 2.58. The number of hydrogen-bond acceptors (Lipinski definition) is 3. The highest BCUT2D eigenvalue weighted by atomic mass is 31.2. The second-order valence-corrected chi connectivity index (χ2v) is 4.21. The van der Waals surface area contributed by atoms with Gasteiger partial charge in [0.25, 0.3) is 0 Å². The number of benzene rings is 1. The zero-order valence-corrected chi connectivity index (χ0v) is 8.45. The molecule has 0 amide bonds. The molecule has 1 unspecified atom stereocenters. The van der Waals surface area contributed by atoms with Crippen molar-refractivity contribution in [2.24, 2.45) is 5.50 Å². The maximum absolute atomic E-state index is 11.2. The van der Waals surface area contributed by atoms with Gasteiger partial charge in [0.1, 0.15) is 5.75 Å². The quantitative estimate of drug-likeness (QED) is 0.760. The van der Waals surface area contributed by atoms with Gasteiger partial charge in [-0.3, -0.25) is 4.52 Å². The fraction of sp³-hybridized carbons (Fsp3) is 0.250. The summed E-state index contributed by atoms with van der Waals surface area (Å²) in [5.41, 5.74) is 6.09. The van der Waals surface area contributed by atoms with E-state index in [1.54, 1.807) is 12.1 Å². The van der Waals surface area contributed by atoms with Gasteiger partial charge < -0.3 is 4.52 Å². The summed E-state index contributed by atoms with van der Waals surface area (Å²) in [4.78, 5) is 0. The molecular formula is C8H12NO3P. The van der Waals surface area contributed by atoms with Crippen molar-refractivity contribution >= 4 is 7.75 Å². The Kier molecular flexibility index (Phi) is 3.09. The summed E-state index contributed by atoms with van der Waals surface area (Å²) in [5, 5.41) is 0. The van der Waals surface area contributed by atoms with E-state index in [0.29, 0.717) is 5.75 Å². The van der Waals surface area contributed by atoms with Gasteiger partial charge >= 0.3 is 7.75 Å². The minimum atomic E-state index is -3.42. The third kappa shape index (κ3) is 2.84. The Hall–Kier alpha value is -0.830. The molecule has 0 saturated carbocycles. The molecule has 0 spiro atoms. The lowest BCUT2D eigenvalue weighted by molar-refractivity contribution is 0.322. The molecule has 0 aliphatic carbocycles. The highest BCUT2D eigenvalue weighted by Crippen LogP contribution is 2.39. The third-order valence-electron chi connectivity index (χ3n) is 1.57. The number of hydrogen-bond donors (Lipinski definition) is 1. The molecule has 0 aromatic heterocycles. The van der Waals surface area contributed by atoms with E-state index in [0.717, 1.165) is 5.56 Å². The Morgan fingerprint density at radius 3 is 2.54 bits per heavy atom. The lowest BCUT2D eigenvalue weighted by Crippen LogP contribution is -2.04. The van der Waals surface area contributed by atoms with E-state index in [1.807, 2.05) is 19.1 Å². The van der Waals surface area contributed by atoms with Crippen LogP contribution >= 0.6 is 7.75 Å². The van der Waals surface area contributed by atoms with Crippen molar-refractivity contribution in [3.05, 3.63) is 29.8 Å². The fourth-order valence-electron chi connectivity index (χ4n) is 0.833. The van der Waals surface area contributed by atoms with Crippen molar-refractivity contribution in [1.29, 1.82) is 0 Å². The first-order valence-corrected chi connectivity index (χ1v) is 5.36. The molecule has 0 fully saturated rings. The molecule has 0 aliphatic heterocycles. The van der Waals surface area contributed by atoms with Crippen LogP contribution in [0.4, 0.5) is 0 Å². The topological polar surface area (TPSA) is 61.5 Å². The zero-order valence-electron chi connectivity index (χ0n) is 7.56. The molecule has 1 rings (SSSR count). The predicted molar refractivity (Wildman–Crippen MR) is 50.6 cm³/mol. The predicted octanol–water partition coefficient (Wildman–Crippen LogP) is 2.09. The van der Waals surface area contributed by atoms with Crippen LogP contribution < -0.4 is 10.0 Å². The van der Waals surface area contributed by atoms with Crippen LogP contribution in [-0.4, -0.2) is 7.11 Å². The molecule has 13 heavy (non-hydrogen) atoms. The molecule has 1 atom stereocenters. The van der Waals surface area contributed by atoms with Crippen molar-refractivity contribution in [1.82, 2.24) is 0 Å². The molecule has 0 radical (unpaired) electrons. The van der Waals surface area contributed by atoms with Crippen LogP contribution in [0.25, 0.3) is 0 Å². The Morgan fingerprint density at radius 2 is 2.00 bits per heavy atom. The van der Waals surface area contributed by atoms with Gasteiger partial charge in [0.05, 0.1) is 0 Å². The summed E-state index contributed by atoms with van der Waals surface area (Å²) in [6, 6.07) is 7.16. The summed E-state index contributed by atoms with van der Waals surface area (Å²) in [6.45, 7) is 1.84. The number of rotatable bonds is 3. The number of nitrogens with two attached hydrogens (primary N) is 1. The maximum Gasteiger partial charge on any atom is 0.455 e. The standard InChI is InChI=1S/C8H12NO3P/c1-7-5-3-4-6-8(7)12-13(9,10)11-2/h3-6H,1-2H3,(H2,9,10). The third-order valence-corrected chi connectivity index (χ3v) is 2.53. The molecule has 1 aromatic rings. The van der Waals surface area contributed by atoms with Gasteiger partial charge in [-0.05, 0) is 18.6 Å². The first-order valence-electron chi connectivity index (χ1n) is 3.75. The van der Waals surface area contributed by atoms with Gasteiger partial charge in [0.2, 0.25) is 0 Å². The van der Waals surface area contributed by atoms with Gasteiger partial charge in [-0.1, -0.05) is 18.2 Å². The molecule has 0 bridgehead atoms. The molecule has 2 N–H and O–H groups in total. The van der Waals surface area contributed by atoms with Gasteiger partial charge in [-0.25, -0.2) is 10.1 Å². The van der Waals surface area contributed by atoms with E-state index in [9.17, 15) is 4.57 Å². The smallest absolute Gasteiger partial charge is 0.413 e. The lowest BCUT2D eigenvalue weighted by atomic mass is 10.2. The van der Waals surface area contributed by atoms with Crippen molar-refractivity contribution in [3.8, 4) is 5.75 Å². The summed E-state index contributed by atoms with van der Waals surface area (Å²) in [6.07, 6.45) is 0. The Morgan fingerprint density at radius 1 is 1.38 bits per heavy atom. The molecule has 0 aliphatic rings. The zero-order chi connectivity index (χ0) is 9.90. The summed E-state index contributed by atoms with van der Waals surface area (Å²) in [7, 11) is -2.17. The minimum absolute atomic E-state index is 0.482. The summed E-state index contributed by atoms with van der Waals surface area (Å²) < 4.78 is 20.7. The SMILES string of the molecule is COP(N)(=O)Oc1ccccc1C. The number of para-hydroxylation sites is 1. The van der Waals surface area contributed by atoms with Crippen LogP contribution in [0, 0.1) is 6.92 Å². The fourth-order valence-corrected chi connectivity index (χ4v) is 1.39. The first kappa shape index (κ1) is 10.3. The van der Waals surface area contributed by atoms with E-state index in [1.165, 1.54) is 7.11 Å². The molecule has 0 saturated heterocycles.